The minimum atomic E-state index is -0.359. The Morgan fingerprint density at radius 2 is 1.90 bits per heavy atom. The number of carbonyl (C=O) groups is 2. The van der Waals surface area contributed by atoms with Crippen molar-refractivity contribution in [2.45, 2.75) is 60.4 Å². The fraction of sp³-hybridized carbons (Fsp3) is 0.875. The maximum absolute atomic E-state index is 12.7. The van der Waals surface area contributed by atoms with Crippen LogP contribution in [0.3, 0.4) is 0 Å². The molecule has 1 aliphatic heterocycles. The van der Waals surface area contributed by atoms with Gasteiger partial charge in [0.05, 0.1) is 0 Å². The third kappa shape index (κ3) is 4.22. The van der Waals surface area contributed by atoms with Crippen LogP contribution in [-0.4, -0.2) is 35.8 Å². The van der Waals surface area contributed by atoms with E-state index in [1.54, 1.807) is 0 Å². The summed E-state index contributed by atoms with van der Waals surface area (Å²) >= 11 is 0. The Hall–Kier alpha value is -1.06. The first kappa shape index (κ1) is 17.0. The van der Waals surface area contributed by atoms with Crippen molar-refractivity contribution in [1.82, 2.24) is 10.2 Å². The van der Waals surface area contributed by atoms with Crippen LogP contribution >= 0.6 is 0 Å². The van der Waals surface area contributed by atoms with E-state index in [1.807, 2.05) is 11.8 Å². The van der Waals surface area contributed by atoms with Crippen LogP contribution in [0, 0.1) is 17.3 Å². The van der Waals surface area contributed by atoms with E-state index in [0.29, 0.717) is 18.9 Å². The summed E-state index contributed by atoms with van der Waals surface area (Å²) in [5.74, 6) is 0.657. The summed E-state index contributed by atoms with van der Waals surface area (Å²) in [5.41, 5.74) is 0.163. The van der Waals surface area contributed by atoms with E-state index in [2.05, 4.69) is 39.9 Å². The van der Waals surface area contributed by atoms with Crippen LogP contribution in [-0.2, 0) is 9.59 Å². The highest BCUT2D eigenvalue weighted by molar-refractivity contribution is 5.90. The molecule has 1 rings (SSSR count). The van der Waals surface area contributed by atoms with Gasteiger partial charge in [-0.15, -0.1) is 0 Å². The Bertz CT molecular complexity index is 360. The second kappa shape index (κ2) is 6.59. The van der Waals surface area contributed by atoms with E-state index in [1.165, 1.54) is 0 Å². The monoisotopic (exact) mass is 282 g/mol. The molecule has 0 saturated carbocycles. The third-order valence-corrected chi connectivity index (χ3v) is 4.69. The van der Waals surface area contributed by atoms with Crippen LogP contribution in [0.4, 0.5) is 0 Å². The van der Waals surface area contributed by atoms with Crippen molar-refractivity contribution in [3.05, 3.63) is 0 Å². The van der Waals surface area contributed by atoms with Crippen LogP contribution in [0.5, 0.6) is 0 Å². The molecule has 0 aromatic rings. The number of hydrogen-bond acceptors (Lipinski definition) is 2. The average molecular weight is 282 g/mol. The summed E-state index contributed by atoms with van der Waals surface area (Å²) < 4.78 is 0. The number of nitrogens with one attached hydrogen (secondary N) is 1. The molecule has 1 N–H and O–H groups in total. The average Bonchev–Trinajstić information content (AvgIpc) is 2.49. The van der Waals surface area contributed by atoms with Crippen LogP contribution in [0.2, 0.25) is 0 Å². The van der Waals surface area contributed by atoms with Gasteiger partial charge in [0.25, 0.3) is 0 Å². The summed E-state index contributed by atoms with van der Waals surface area (Å²) in [6, 6.07) is -0.359. The summed E-state index contributed by atoms with van der Waals surface area (Å²) in [7, 11) is 0. The molecule has 4 heteroatoms. The SMILES string of the molecule is CCC(C)C1NC(=O)CCN(CC(C)C(C)(C)C)C1=O. The molecule has 2 amide bonds. The quantitative estimate of drug-likeness (QED) is 0.861. The molecule has 20 heavy (non-hydrogen) atoms. The molecule has 0 aromatic heterocycles. The highest BCUT2D eigenvalue weighted by Crippen LogP contribution is 2.27. The van der Waals surface area contributed by atoms with E-state index >= 15 is 0 Å². The van der Waals surface area contributed by atoms with Gasteiger partial charge in [-0.2, -0.15) is 0 Å². The van der Waals surface area contributed by atoms with Crippen molar-refractivity contribution in [3.63, 3.8) is 0 Å². The lowest BCUT2D eigenvalue weighted by Crippen LogP contribution is -2.49. The molecule has 0 bridgehead atoms. The number of amides is 2. The lowest BCUT2D eigenvalue weighted by Gasteiger charge is -2.34. The molecule has 4 nitrogen and oxygen atoms in total. The molecule has 1 saturated heterocycles. The first-order valence-corrected chi connectivity index (χ1v) is 7.75. The summed E-state index contributed by atoms with van der Waals surface area (Å²) in [6.07, 6.45) is 1.30. The van der Waals surface area contributed by atoms with E-state index in [0.717, 1.165) is 13.0 Å². The van der Waals surface area contributed by atoms with Crippen LogP contribution < -0.4 is 5.32 Å². The van der Waals surface area contributed by atoms with Crippen LogP contribution in [0.1, 0.15) is 54.4 Å². The maximum Gasteiger partial charge on any atom is 0.245 e. The van der Waals surface area contributed by atoms with E-state index in [4.69, 9.17) is 0 Å². The van der Waals surface area contributed by atoms with Gasteiger partial charge in [0.1, 0.15) is 6.04 Å². The highest BCUT2D eigenvalue weighted by Gasteiger charge is 2.34. The van der Waals surface area contributed by atoms with Crippen molar-refractivity contribution in [2.75, 3.05) is 13.1 Å². The third-order valence-electron chi connectivity index (χ3n) is 4.69. The smallest absolute Gasteiger partial charge is 0.245 e. The maximum atomic E-state index is 12.7. The molecule has 0 aliphatic carbocycles. The zero-order valence-corrected chi connectivity index (χ0v) is 13.8. The number of rotatable bonds is 4. The Morgan fingerprint density at radius 1 is 1.30 bits per heavy atom. The van der Waals surface area contributed by atoms with Gasteiger partial charge in [-0.25, -0.2) is 0 Å². The predicted molar refractivity (Wildman–Crippen MR) is 81.2 cm³/mol. The zero-order chi connectivity index (χ0) is 15.5. The Balaban J connectivity index is 2.85. The topological polar surface area (TPSA) is 49.4 Å². The van der Waals surface area contributed by atoms with E-state index < -0.39 is 0 Å². The van der Waals surface area contributed by atoms with Crippen molar-refractivity contribution in [2.24, 2.45) is 17.3 Å². The molecule has 116 valence electrons. The molecular formula is C16H30N2O2. The first-order chi connectivity index (χ1) is 9.16. The normalized spacial score (nSPS) is 24.1. The van der Waals surface area contributed by atoms with Gasteiger partial charge in [0.15, 0.2) is 0 Å². The number of hydrogen-bond donors (Lipinski definition) is 1. The molecule has 0 aromatic carbocycles. The minimum absolute atomic E-state index is 0.00504. The summed E-state index contributed by atoms with van der Waals surface area (Å²) in [6.45, 7) is 14.1. The van der Waals surface area contributed by atoms with Crippen molar-refractivity contribution in [1.29, 1.82) is 0 Å². The molecule has 1 aliphatic rings. The van der Waals surface area contributed by atoms with Crippen molar-refractivity contribution < 1.29 is 9.59 Å². The minimum Gasteiger partial charge on any atom is -0.344 e. The fourth-order valence-electron chi connectivity index (χ4n) is 2.26. The Morgan fingerprint density at radius 3 is 2.40 bits per heavy atom. The van der Waals surface area contributed by atoms with Gasteiger partial charge >= 0.3 is 0 Å². The Labute approximate surface area is 123 Å². The molecule has 0 spiro atoms. The number of nitrogens with zero attached hydrogens (tertiary/aromatic N) is 1. The first-order valence-electron chi connectivity index (χ1n) is 7.75. The van der Waals surface area contributed by atoms with Crippen LogP contribution in [0.25, 0.3) is 0 Å². The second-order valence-electron chi connectivity index (χ2n) is 7.23. The number of carbonyl (C=O) groups excluding carboxylic acids is 2. The molecule has 3 unspecified atom stereocenters. The van der Waals surface area contributed by atoms with Crippen molar-refractivity contribution in [3.8, 4) is 0 Å². The van der Waals surface area contributed by atoms with Crippen LogP contribution in [0.15, 0.2) is 0 Å². The molecule has 1 heterocycles. The standard InChI is InChI=1S/C16H30N2O2/c1-7-11(2)14-15(20)18(9-8-13(19)17-14)10-12(3)16(4,5)6/h11-12,14H,7-10H2,1-6H3,(H,17,19). The van der Waals surface area contributed by atoms with E-state index in [-0.39, 0.29) is 29.2 Å². The predicted octanol–water partition coefficient (Wildman–Crippen LogP) is 2.43. The van der Waals surface area contributed by atoms with Gasteiger partial charge in [-0.05, 0) is 17.3 Å². The molecule has 1 fully saturated rings. The van der Waals surface area contributed by atoms with Crippen molar-refractivity contribution >= 4 is 11.8 Å². The van der Waals surface area contributed by atoms with Gasteiger partial charge in [0.2, 0.25) is 11.8 Å². The molecular weight excluding hydrogens is 252 g/mol. The van der Waals surface area contributed by atoms with Gasteiger partial charge in [-0.3, -0.25) is 9.59 Å². The van der Waals surface area contributed by atoms with Gasteiger partial charge in [-0.1, -0.05) is 48.0 Å². The zero-order valence-electron chi connectivity index (χ0n) is 13.8. The van der Waals surface area contributed by atoms with Gasteiger partial charge < -0.3 is 10.2 Å². The summed E-state index contributed by atoms with van der Waals surface area (Å²) in [4.78, 5) is 26.3. The largest absolute Gasteiger partial charge is 0.344 e. The highest BCUT2D eigenvalue weighted by atomic mass is 16.2. The molecule has 0 radical (unpaired) electrons. The van der Waals surface area contributed by atoms with E-state index in [9.17, 15) is 9.59 Å². The fourth-order valence-corrected chi connectivity index (χ4v) is 2.26. The lowest BCUT2D eigenvalue weighted by atomic mass is 9.81. The Kier molecular flexibility index (Phi) is 5.60. The molecule has 3 atom stereocenters. The second-order valence-corrected chi connectivity index (χ2v) is 7.23. The lowest BCUT2D eigenvalue weighted by molar-refractivity contribution is -0.135. The van der Waals surface area contributed by atoms with Gasteiger partial charge in [0, 0.05) is 19.5 Å². The summed E-state index contributed by atoms with van der Waals surface area (Å²) in [5, 5.41) is 2.89.